The summed E-state index contributed by atoms with van der Waals surface area (Å²) >= 11 is 0. The van der Waals surface area contributed by atoms with E-state index in [0.29, 0.717) is 5.39 Å². The lowest BCUT2D eigenvalue weighted by atomic mass is 10.0. The Hall–Kier alpha value is -3.70. The SMILES string of the molecule is Cn1cc(-c2c(-c3c(C(F)F)nn4c3OC[C@@H](NS(=O)(=O)CCO)C4)[nH]c3ncccc23)c(OC(F)F)n1. The van der Waals surface area contributed by atoms with Gasteiger partial charge in [0.05, 0.1) is 41.8 Å². The Morgan fingerprint density at radius 3 is 2.79 bits per heavy atom. The maximum atomic E-state index is 14.3. The number of halogens is 4. The van der Waals surface area contributed by atoms with Crippen molar-refractivity contribution in [1.82, 2.24) is 34.3 Å². The number of fused-ring (bicyclic) bond motifs is 2. The summed E-state index contributed by atoms with van der Waals surface area (Å²) in [6, 6.07) is 2.38. The largest absolute Gasteiger partial charge is 0.476 e. The van der Waals surface area contributed by atoms with Gasteiger partial charge >= 0.3 is 6.61 Å². The summed E-state index contributed by atoms with van der Waals surface area (Å²) in [6.45, 7) is -4.14. The predicted octanol–water partition coefficient (Wildman–Crippen LogP) is 2.04. The molecule has 1 aliphatic heterocycles. The van der Waals surface area contributed by atoms with Crippen LogP contribution in [0.2, 0.25) is 0 Å². The van der Waals surface area contributed by atoms with Gasteiger partial charge in [-0.05, 0) is 12.1 Å². The molecule has 0 spiro atoms. The molecule has 0 radical (unpaired) electrons. The minimum atomic E-state index is -3.85. The maximum Gasteiger partial charge on any atom is 0.388 e. The Bertz CT molecular complexity index is 1580. The van der Waals surface area contributed by atoms with Crippen LogP contribution in [0.1, 0.15) is 12.1 Å². The van der Waals surface area contributed by atoms with E-state index in [2.05, 4.69) is 29.6 Å². The van der Waals surface area contributed by atoms with Crippen LogP contribution in [-0.2, 0) is 23.6 Å². The normalized spacial score (nSPS) is 15.8. The standard InChI is InChI=1S/C21H21F4N7O5S/c1-31-8-12(19(29-31)37-21(24)25)13-11-3-2-4-26-18(11)27-15(13)14-16(17(22)23)28-32-7-10(9-36-20(14)32)30-38(34,35)6-5-33/h2-4,8,10,17,21,30,33H,5-7,9H2,1H3,(H,26,27)/t10-/m0/s1. The Labute approximate surface area is 212 Å². The highest BCUT2D eigenvalue weighted by molar-refractivity contribution is 7.89. The monoisotopic (exact) mass is 559 g/mol. The number of aliphatic hydroxyl groups is 1. The fourth-order valence-corrected chi connectivity index (χ4v) is 5.38. The Morgan fingerprint density at radius 2 is 2.08 bits per heavy atom. The van der Waals surface area contributed by atoms with Crippen molar-refractivity contribution < 1.29 is 40.6 Å². The van der Waals surface area contributed by atoms with Gasteiger partial charge in [-0.3, -0.25) is 4.68 Å². The van der Waals surface area contributed by atoms with Gasteiger partial charge in [-0.15, -0.1) is 5.10 Å². The van der Waals surface area contributed by atoms with Gasteiger partial charge in [0.1, 0.15) is 17.9 Å². The molecule has 0 saturated heterocycles. The molecule has 38 heavy (non-hydrogen) atoms. The third kappa shape index (κ3) is 4.79. The van der Waals surface area contributed by atoms with E-state index in [1.807, 2.05) is 0 Å². The van der Waals surface area contributed by atoms with Crippen LogP contribution in [0.5, 0.6) is 11.8 Å². The van der Waals surface area contributed by atoms with Crippen molar-refractivity contribution in [1.29, 1.82) is 0 Å². The number of aromatic nitrogens is 6. The van der Waals surface area contributed by atoms with Crippen molar-refractivity contribution in [3.8, 4) is 34.1 Å². The first-order valence-corrected chi connectivity index (χ1v) is 12.8. The van der Waals surface area contributed by atoms with Crippen LogP contribution in [0.25, 0.3) is 33.4 Å². The van der Waals surface area contributed by atoms with Gasteiger partial charge in [-0.25, -0.2) is 31.6 Å². The summed E-state index contributed by atoms with van der Waals surface area (Å²) in [6.07, 6.45) is -0.205. The number of aliphatic hydroxyl groups excluding tert-OH is 1. The number of aryl methyl sites for hydroxylation is 1. The molecule has 4 aromatic rings. The molecule has 1 atom stereocenters. The minimum absolute atomic E-state index is 0.0571. The van der Waals surface area contributed by atoms with Crippen LogP contribution in [0.3, 0.4) is 0 Å². The van der Waals surface area contributed by atoms with Gasteiger partial charge in [0.15, 0.2) is 0 Å². The van der Waals surface area contributed by atoms with Crippen molar-refractivity contribution in [2.45, 2.75) is 25.6 Å². The van der Waals surface area contributed by atoms with Crippen LogP contribution in [0.15, 0.2) is 24.5 Å². The molecule has 5 heterocycles. The van der Waals surface area contributed by atoms with Crippen molar-refractivity contribution in [3.05, 3.63) is 30.2 Å². The van der Waals surface area contributed by atoms with Gasteiger partial charge in [-0.2, -0.15) is 13.9 Å². The Balaban J connectivity index is 1.67. The van der Waals surface area contributed by atoms with E-state index in [1.165, 1.54) is 24.1 Å². The van der Waals surface area contributed by atoms with Crippen LogP contribution in [-0.4, -0.2) is 74.7 Å². The molecular weight excluding hydrogens is 538 g/mol. The zero-order chi connectivity index (χ0) is 27.2. The molecule has 5 rings (SSSR count). The van der Waals surface area contributed by atoms with Crippen LogP contribution in [0.4, 0.5) is 17.6 Å². The quantitative estimate of drug-likeness (QED) is 0.264. The molecule has 0 bridgehead atoms. The second-order valence-corrected chi connectivity index (χ2v) is 10.3. The summed E-state index contributed by atoms with van der Waals surface area (Å²) < 4.78 is 94.0. The second-order valence-electron chi connectivity index (χ2n) is 8.39. The molecule has 0 fully saturated rings. The van der Waals surface area contributed by atoms with Gasteiger partial charge in [-0.1, -0.05) is 0 Å². The number of aromatic amines is 1. The Kier molecular flexibility index (Phi) is 6.74. The molecule has 0 saturated carbocycles. The first-order chi connectivity index (χ1) is 18.1. The van der Waals surface area contributed by atoms with E-state index in [0.717, 1.165) is 4.68 Å². The number of hydrogen-bond acceptors (Lipinski definition) is 8. The highest BCUT2D eigenvalue weighted by Gasteiger charge is 2.35. The van der Waals surface area contributed by atoms with Gasteiger partial charge in [0, 0.05) is 30.4 Å². The molecule has 1 aliphatic rings. The summed E-state index contributed by atoms with van der Waals surface area (Å²) in [4.78, 5) is 7.20. The first-order valence-electron chi connectivity index (χ1n) is 11.2. The number of hydrogen-bond donors (Lipinski definition) is 3. The lowest BCUT2D eigenvalue weighted by Crippen LogP contribution is -2.45. The molecule has 0 aliphatic carbocycles. The number of alkyl halides is 4. The van der Waals surface area contributed by atoms with Crippen LogP contribution in [0, 0.1) is 0 Å². The van der Waals surface area contributed by atoms with Crippen molar-refractivity contribution in [3.63, 3.8) is 0 Å². The number of nitrogens with one attached hydrogen (secondary N) is 2. The smallest absolute Gasteiger partial charge is 0.388 e. The van der Waals surface area contributed by atoms with E-state index < -0.39 is 53.0 Å². The van der Waals surface area contributed by atoms with E-state index in [9.17, 15) is 26.0 Å². The third-order valence-electron chi connectivity index (χ3n) is 5.75. The number of rotatable bonds is 9. The minimum Gasteiger partial charge on any atom is -0.476 e. The Morgan fingerprint density at radius 1 is 1.29 bits per heavy atom. The first kappa shape index (κ1) is 25.9. The average molecular weight is 560 g/mol. The summed E-state index contributed by atoms with van der Waals surface area (Å²) in [7, 11) is -2.36. The molecule has 204 valence electrons. The fraction of sp³-hybridized carbons (Fsp3) is 0.381. The average Bonchev–Trinajstić information content (AvgIpc) is 3.50. The fourth-order valence-electron chi connectivity index (χ4n) is 4.37. The molecule has 12 nitrogen and oxygen atoms in total. The van der Waals surface area contributed by atoms with Crippen molar-refractivity contribution >= 4 is 21.1 Å². The highest BCUT2D eigenvalue weighted by Crippen LogP contribution is 2.47. The lowest BCUT2D eigenvalue weighted by Gasteiger charge is -2.25. The van der Waals surface area contributed by atoms with E-state index >= 15 is 0 Å². The molecule has 0 amide bonds. The molecule has 3 N–H and O–H groups in total. The number of pyridine rings is 1. The van der Waals surface area contributed by atoms with E-state index in [-0.39, 0.29) is 47.1 Å². The highest BCUT2D eigenvalue weighted by atomic mass is 32.2. The van der Waals surface area contributed by atoms with Gasteiger partial charge in [0.25, 0.3) is 6.43 Å². The predicted molar refractivity (Wildman–Crippen MR) is 124 cm³/mol. The molecular formula is C21H21F4N7O5S. The molecule has 17 heteroatoms. The van der Waals surface area contributed by atoms with Gasteiger partial charge < -0.3 is 19.6 Å². The molecule has 4 aromatic heterocycles. The lowest BCUT2D eigenvalue weighted by molar-refractivity contribution is -0.0527. The van der Waals surface area contributed by atoms with E-state index in [4.69, 9.17) is 9.84 Å². The molecule has 0 aromatic carbocycles. The van der Waals surface area contributed by atoms with Crippen LogP contribution < -0.4 is 14.2 Å². The number of sulfonamides is 1. The number of nitrogens with zero attached hydrogens (tertiary/aromatic N) is 5. The summed E-state index contributed by atoms with van der Waals surface area (Å²) in [5, 5.41) is 17.3. The zero-order valence-corrected chi connectivity index (χ0v) is 20.4. The number of ether oxygens (including phenoxy) is 2. The third-order valence-corrected chi connectivity index (χ3v) is 7.16. The van der Waals surface area contributed by atoms with Gasteiger partial charge in [0.2, 0.25) is 21.8 Å². The summed E-state index contributed by atoms with van der Waals surface area (Å²) in [5.74, 6) is -1.04. The topological polar surface area (TPSA) is 149 Å². The zero-order valence-electron chi connectivity index (χ0n) is 19.6. The van der Waals surface area contributed by atoms with Crippen molar-refractivity contribution in [2.75, 3.05) is 19.0 Å². The number of H-pyrrole nitrogens is 1. The molecule has 0 unspecified atom stereocenters. The maximum absolute atomic E-state index is 14.3. The van der Waals surface area contributed by atoms with Crippen molar-refractivity contribution in [2.24, 2.45) is 7.05 Å². The van der Waals surface area contributed by atoms with Crippen LogP contribution >= 0.6 is 0 Å². The summed E-state index contributed by atoms with van der Waals surface area (Å²) in [5.41, 5.74) is -0.184. The van der Waals surface area contributed by atoms with E-state index in [1.54, 1.807) is 12.1 Å². The second kappa shape index (κ2) is 9.88.